The fraction of sp³-hybridized carbons (Fsp3) is 1.00. The quantitative estimate of drug-likeness (QED) is 0.682. The zero-order chi connectivity index (χ0) is 8.27. The van der Waals surface area contributed by atoms with E-state index in [9.17, 15) is 8.78 Å². The Balaban J connectivity index is 2.15. The number of aliphatic hydroxyl groups excluding tert-OH is 1. The van der Waals surface area contributed by atoms with Gasteiger partial charge in [-0.3, -0.25) is 0 Å². The maximum Gasteiger partial charge on any atom is 0.261 e. The van der Waals surface area contributed by atoms with E-state index < -0.39 is 19.1 Å². The molecule has 1 rings (SSSR count). The SMILES string of the molecule is OC1CCCC1OCC(F)F. The Labute approximate surface area is 64.2 Å². The van der Waals surface area contributed by atoms with Gasteiger partial charge in [-0.25, -0.2) is 8.78 Å². The smallest absolute Gasteiger partial charge is 0.261 e. The molecule has 1 saturated carbocycles. The lowest BCUT2D eigenvalue weighted by molar-refractivity contribution is -0.0615. The summed E-state index contributed by atoms with van der Waals surface area (Å²) in [4.78, 5) is 0. The maximum absolute atomic E-state index is 11.6. The molecule has 2 atom stereocenters. The van der Waals surface area contributed by atoms with Crippen molar-refractivity contribution in [3.05, 3.63) is 0 Å². The van der Waals surface area contributed by atoms with Gasteiger partial charge < -0.3 is 9.84 Å². The number of aliphatic hydroxyl groups is 1. The zero-order valence-corrected chi connectivity index (χ0v) is 6.17. The van der Waals surface area contributed by atoms with E-state index in [0.717, 1.165) is 6.42 Å². The van der Waals surface area contributed by atoms with Crippen molar-refractivity contribution in [2.75, 3.05) is 6.61 Å². The average Bonchev–Trinajstić information content (AvgIpc) is 2.31. The molecule has 0 heterocycles. The van der Waals surface area contributed by atoms with Crippen molar-refractivity contribution in [2.45, 2.75) is 37.9 Å². The predicted octanol–water partition coefficient (Wildman–Crippen LogP) is 1.18. The van der Waals surface area contributed by atoms with Crippen LogP contribution in [0.1, 0.15) is 19.3 Å². The van der Waals surface area contributed by atoms with Crippen molar-refractivity contribution in [2.24, 2.45) is 0 Å². The lowest BCUT2D eigenvalue weighted by Crippen LogP contribution is -2.24. The topological polar surface area (TPSA) is 29.5 Å². The van der Waals surface area contributed by atoms with Crippen LogP contribution in [0.4, 0.5) is 8.78 Å². The van der Waals surface area contributed by atoms with Crippen LogP contribution >= 0.6 is 0 Å². The zero-order valence-electron chi connectivity index (χ0n) is 6.17. The summed E-state index contributed by atoms with van der Waals surface area (Å²) in [5.74, 6) is 0. The normalized spacial score (nSPS) is 31.6. The molecular formula is C7H12F2O2. The van der Waals surface area contributed by atoms with Gasteiger partial charge in [0.05, 0.1) is 12.2 Å². The third-order valence-electron chi connectivity index (χ3n) is 1.85. The van der Waals surface area contributed by atoms with Gasteiger partial charge in [-0.2, -0.15) is 0 Å². The molecule has 0 aromatic heterocycles. The first-order valence-electron chi connectivity index (χ1n) is 3.78. The Bertz CT molecular complexity index is 119. The molecule has 1 N–H and O–H groups in total. The van der Waals surface area contributed by atoms with Crippen LogP contribution in [0, 0.1) is 0 Å². The summed E-state index contributed by atoms with van der Waals surface area (Å²) < 4.78 is 28.0. The van der Waals surface area contributed by atoms with E-state index in [4.69, 9.17) is 9.84 Å². The highest BCUT2D eigenvalue weighted by molar-refractivity contribution is 4.76. The molecule has 2 nitrogen and oxygen atoms in total. The summed E-state index contributed by atoms with van der Waals surface area (Å²) >= 11 is 0. The number of halogens is 2. The second-order valence-electron chi connectivity index (χ2n) is 2.76. The van der Waals surface area contributed by atoms with E-state index in [1.165, 1.54) is 0 Å². The van der Waals surface area contributed by atoms with E-state index in [-0.39, 0.29) is 6.10 Å². The third-order valence-corrected chi connectivity index (χ3v) is 1.85. The molecule has 66 valence electrons. The molecule has 0 spiro atoms. The first-order valence-corrected chi connectivity index (χ1v) is 3.78. The maximum atomic E-state index is 11.6. The van der Waals surface area contributed by atoms with Gasteiger partial charge in [0.1, 0.15) is 6.61 Å². The molecule has 0 aromatic rings. The highest BCUT2D eigenvalue weighted by Gasteiger charge is 2.26. The molecule has 0 saturated heterocycles. The van der Waals surface area contributed by atoms with Gasteiger partial charge in [0.2, 0.25) is 0 Å². The molecule has 1 fully saturated rings. The van der Waals surface area contributed by atoms with Crippen LogP contribution in [0.5, 0.6) is 0 Å². The van der Waals surface area contributed by atoms with Gasteiger partial charge in [-0.05, 0) is 19.3 Å². The van der Waals surface area contributed by atoms with Crippen molar-refractivity contribution in [1.29, 1.82) is 0 Å². The summed E-state index contributed by atoms with van der Waals surface area (Å²) in [5, 5.41) is 9.13. The Kier molecular flexibility index (Phi) is 3.20. The second-order valence-corrected chi connectivity index (χ2v) is 2.76. The van der Waals surface area contributed by atoms with Crippen LogP contribution < -0.4 is 0 Å². The molecule has 2 unspecified atom stereocenters. The lowest BCUT2D eigenvalue weighted by atomic mass is 10.3. The fourth-order valence-corrected chi connectivity index (χ4v) is 1.30. The van der Waals surface area contributed by atoms with Crippen LogP contribution in [0.3, 0.4) is 0 Å². The molecule has 11 heavy (non-hydrogen) atoms. The summed E-state index contributed by atoms with van der Waals surface area (Å²) in [7, 11) is 0. The summed E-state index contributed by atoms with van der Waals surface area (Å²) in [6.07, 6.45) is -1.07. The van der Waals surface area contributed by atoms with Crippen LogP contribution in [0.15, 0.2) is 0 Å². The summed E-state index contributed by atoms with van der Waals surface area (Å²) in [5.41, 5.74) is 0. The fourth-order valence-electron chi connectivity index (χ4n) is 1.30. The van der Waals surface area contributed by atoms with Crippen molar-refractivity contribution >= 4 is 0 Å². The van der Waals surface area contributed by atoms with Crippen LogP contribution in [0.25, 0.3) is 0 Å². The highest BCUT2D eigenvalue weighted by atomic mass is 19.3. The van der Waals surface area contributed by atoms with Crippen LogP contribution in [-0.2, 0) is 4.74 Å². The molecule has 0 bridgehead atoms. The number of hydrogen-bond donors (Lipinski definition) is 1. The van der Waals surface area contributed by atoms with Gasteiger partial charge in [0, 0.05) is 0 Å². The van der Waals surface area contributed by atoms with E-state index in [1.807, 2.05) is 0 Å². The molecule has 0 aromatic carbocycles. The Morgan fingerprint density at radius 2 is 2.18 bits per heavy atom. The van der Waals surface area contributed by atoms with Crippen molar-refractivity contribution < 1.29 is 18.6 Å². The Morgan fingerprint density at radius 3 is 2.64 bits per heavy atom. The van der Waals surface area contributed by atoms with Gasteiger partial charge in [0.25, 0.3) is 6.43 Å². The first kappa shape index (κ1) is 8.87. The van der Waals surface area contributed by atoms with Crippen molar-refractivity contribution in [1.82, 2.24) is 0 Å². The summed E-state index contributed by atoms with van der Waals surface area (Å²) in [6.45, 7) is -0.554. The number of rotatable bonds is 3. The molecular weight excluding hydrogens is 154 g/mol. The predicted molar refractivity (Wildman–Crippen MR) is 35.6 cm³/mol. The molecule has 0 amide bonds. The van der Waals surface area contributed by atoms with Crippen molar-refractivity contribution in [3.63, 3.8) is 0 Å². The van der Waals surface area contributed by atoms with E-state index in [0.29, 0.717) is 12.8 Å². The largest absolute Gasteiger partial charge is 0.390 e. The lowest BCUT2D eigenvalue weighted by Gasteiger charge is -2.14. The minimum atomic E-state index is -2.43. The summed E-state index contributed by atoms with van der Waals surface area (Å²) in [6, 6.07) is 0. The van der Waals surface area contributed by atoms with Crippen LogP contribution in [0.2, 0.25) is 0 Å². The standard InChI is InChI=1S/C7H12F2O2/c8-7(9)4-11-6-3-1-2-5(6)10/h5-7,10H,1-4H2. The minimum absolute atomic E-state index is 0.357. The molecule has 1 aliphatic carbocycles. The number of ether oxygens (including phenoxy) is 1. The third kappa shape index (κ3) is 2.71. The highest BCUT2D eigenvalue weighted by Crippen LogP contribution is 2.22. The molecule has 4 heteroatoms. The van der Waals surface area contributed by atoms with E-state index >= 15 is 0 Å². The van der Waals surface area contributed by atoms with Gasteiger partial charge in [-0.1, -0.05) is 0 Å². The van der Waals surface area contributed by atoms with E-state index in [1.54, 1.807) is 0 Å². The molecule has 0 aliphatic heterocycles. The van der Waals surface area contributed by atoms with E-state index in [2.05, 4.69) is 0 Å². The van der Waals surface area contributed by atoms with Gasteiger partial charge >= 0.3 is 0 Å². The monoisotopic (exact) mass is 166 g/mol. The number of alkyl halides is 2. The molecule has 0 radical (unpaired) electrons. The molecule has 1 aliphatic rings. The van der Waals surface area contributed by atoms with Gasteiger partial charge in [-0.15, -0.1) is 0 Å². The van der Waals surface area contributed by atoms with Gasteiger partial charge in [0.15, 0.2) is 0 Å². The van der Waals surface area contributed by atoms with Crippen LogP contribution in [-0.4, -0.2) is 30.3 Å². The van der Waals surface area contributed by atoms with Crippen molar-refractivity contribution in [3.8, 4) is 0 Å². The second kappa shape index (κ2) is 3.97. The average molecular weight is 166 g/mol. The number of hydrogen-bond acceptors (Lipinski definition) is 2. The Morgan fingerprint density at radius 1 is 1.45 bits per heavy atom. The Hall–Kier alpha value is -0.220. The minimum Gasteiger partial charge on any atom is -0.390 e. The first-order chi connectivity index (χ1) is 5.20.